The summed E-state index contributed by atoms with van der Waals surface area (Å²) in [4.78, 5) is 7.05. The van der Waals surface area contributed by atoms with Crippen molar-refractivity contribution in [2.24, 2.45) is 7.05 Å². The summed E-state index contributed by atoms with van der Waals surface area (Å²) in [7, 11) is 1.95. The Labute approximate surface area is 135 Å². The van der Waals surface area contributed by atoms with Gasteiger partial charge in [-0.15, -0.1) is 0 Å². The van der Waals surface area contributed by atoms with E-state index in [2.05, 4.69) is 27.1 Å². The van der Waals surface area contributed by atoms with Gasteiger partial charge in [-0.3, -0.25) is 9.58 Å². The lowest BCUT2D eigenvalue weighted by Crippen LogP contribution is -2.42. The maximum absolute atomic E-state index is 5.95. The molecule has 23 heavy (non-hydrogen) atoms. The van der Waals surface area contributed by atoms with Crippen molar-refractivity contribution in [3.8, 4) is 0 Å². The lowest BCUT2D eigenvalue weighted by Gasteiger charge is -2.33. The van der Waals surface area contributed by atoms with E-state index in [1.165, 1.54) is 12.8 Å². The van der Waals surface area contributed by atoms with E-state index in [0.29, 0.717) is 24.2 Å². The van der Waals surface area contributed by atoms with Gasteiger partial charge in [-0.25, -0.2) is 0 Å². The van der Waals surface area contributed by atoms with Crippen LogP contribution < -0.4 is 0 Å². The molecule has 0 N–H and O–H groups in total. The fourth-order valence-electron chi connectivity index (χ4n) is 3.67. The molecule has 2 saturated heterocycles. The lowest BCUT2D eigenvalue weighted by atomic mass is 10.1. The highest BCUT2D eigenvalue weighted by Gasteiger charge is 2.34. The molecule has 0 unspecified atom stereocenters. The molecule has 2 fully saturated rings. The first kappa shape index (κ1) is 14.8. The second-order valence-corrected chi connectivity index (χ2v) is 6.61. The summed E-state index contributed by atoms with van der Waals surface area (Å²) < 4.78 is 13.3. The zero-order chi connectivity index (χ0) is 16.0. The largest absolute Gasteiger partial charge is 0.367 e. The van der Waals surface area contributed by atoms with Crippen LogP contribution >= 0.6 is 0 Å². The van der Waals surface area contributed by atoms with Crippen LogP contribution in [0.5, 0.6) is 0 Å². The van der Waals surface area contributed by atoms with Crippen LogP contribution in [-0.4, -0.2) is 50.6 Å². The quantitative estimate of drug-likeness (QED) is 0.855. The molecule has 2 aliphatic heterocycles. The smallest absolute Gasteiger partial charge is 0.231 e. The van der Waals surface area contributed by atoms with E-state index >= 15 is 0 Å². The Morgan fingerprint density at radius 2 is 2.17 bits per heavy atom. The van der Waals surface area contributed by atoms with Gasteiger partial charge in [0.05, 0.1) is 18.7 Å². The number of hydrogen-bond acceptors (Lipinski definition) is 6. The number of ether oxygens (including phenoxy) is 1. The highest BCUT2D eigenvalue weighted by Crippen LogP contribution is 2.29. The second-order valence-electron chi connectivity index (χ2n) is 6.61. The minimum Gasteiger partial charge on any atom is -0.367 e. The standard InChI is InChI=1S/C16H23N5O2/c1-10-13(11(2)20(3)18-10)7-15-17-16(19-23-15)14-8-21-6-4-5-12(21)9-22-14/h12,14H,4-9H2,1-3H3/t12-,14+/m1/s1. The molecule has 2 atom stereocenters. The maximum atomic E-state index is 5.95. The predicted octanol–water partition coefficient (Wildman–Crippen LogP) is 1.55. The normalized spacial score (nSPS) is 25.0. The van der Waals surface area contributed by atoms with Gasteiger partial charge < -0.3 is 9.26 Å². The molecular weight excluding hydrogens is 294 g/mol. The predicted molar refractivity (Wildman–Crippen MR) is 83.1 cm³/mol. The number of morpholine rings is 1. The van der Waals surface area contributed by atoms with Crippen LogP contribution in [0.2, 0.25) is 0 Å². The van der Waals surface area contributed by atoms with Crippen molar-refractivity contribution in [1.29, 1.82) is 0 Å². The number of rotatable bonds is 3. The van der Waals surface area contributed by atoms with Gasteiger partial charge in [0.15, 0.2) is 0 Å². The van der Waals surface area contributed by atoms with Gasteiger partial charge in [0.1, 0.15) is 6.10 Å². The Balaban J connectivity index is 1.48. The first-order valence-electron chi connectivity index (χ1n) is 8.29. The SMILES string of the molecule is Cc1nn(C)c(C)c1Cc1nc([C@@H]2CN3CCC[C@@H]3CO2)no1. The van der Waals surface area contributed by atoms with Crippen molar-refractivity contribution >= 4 is 0 Å². The minimum atomic E-state index is -0.0713. The fraction of sp³-hybridized carbons (Fsp3) is 0.688. The monoisotopic (exact) mass is 317 g/mol. The molecule has 124 valence electrons. The van der Waals surface area contributed by atoms with Crippen molar-refractivity contribution in [1.82, 2.24) is 24.8 Å². The maximum Gasteiger partial charge on any atom is 0.231 e. The lowest BCUT2D eigenvalue weighted by molar-refractivity contribution is -0.0548. The van der Waals surface area contributed by atoms with Gasteiger partial charge in [0.2, 0.25) is 11.7 Å². The highest BCUT2D eigenvalue weighted by atomic mass is 16.5. The van der Waals surface area contributed by atoms with Crippen molar-refractivity contribution < 1.29 is 9.26 Å². The molecule has 4 rings (SSSR count). The van der Waals surface area contributed by atoms with E-state index in [1.807, 2.05) is 18.7 Å². The van der Waals surface area contributed by atoms with Gasteiger partial charge in [0, 0.05) is 30.9 Å². The summed E-state index contributed by atoms with van der Waals surface area (Å²) >= 11 is 0. The van der Waals surface area contributed by atoms with E-state index in [-0.39, 0.29) is 6.10 Å². The molecule has 0 radical (unpaired) electrons. The van der Waals surface area contributed by atoms with Crippen LogP contribution in [0, 0.1) is 13.8 Å². The molecule has 7 heteroatoms. The van der Waals surface area contributed by atoms with Crippen molar-refractivity contribution in [3.05, 3.63) is 28.7 Å². The van der Waals surface area contributed by atoms with E-state index in [4.69, 9.17) is 9.26 Å². The van der Waals surface area contributed by atoms with Gasteiger partial charge >= 0.3 is 0 Å². The summed E-state index contributed by atoms with van der Waals surface area (Å²) in [6.07, 6.45) is 3.05. The van der Waals surface area contributed by atoms with Gasteiger partial charge in [-0.05, 0) is 33.2 Å². The topological polar surface area (TPSA) is 69.2 Å². The number of nitrogens with zero attached hydrogens (tertiary/aromatic N) is 5. The fourth-order valence-corrected chi connectivity index (χ4v) is 3.67. The molecule has 0 spiro atoms. The van der Waals surface area contributed by atoms with Crippen molar-refractivity contribution in [2.45, 2.75) is 45.3 Å². The van der Waals surface area contributed by atoms with E-state index in [0.717, 1.165) is 36.6 Å². The highest BCUT2D eigenvalue weighted by molar-refractivity contribution is 5.27. The van der Waals surface area contributed by atoms with Crippen LogP contribution in [0.1, 0.15) is 47.6 Å². The Morgan fingerprint density at radius 3 is 2.96 bits per heavy atom. The van der Waals surface area contributed by atoms with Crippen LogP contribution in [0.4, 0.5) is 0 Å². The van der Waals surface area contributed by atoms with Crippen LogP contribution in [0.15, 0.2) is 4.52 Å². The average Bonchev–Trinajstić information content (AvgIpc) is 3.24. The Kier molecular flexibility index (Phi) is 3.69. The van der Waals surface area contributed by atoms with Crippen LogP contribution in [0.3, 0.4) is 0 Å². The zero-order valence-corrected chi connectivity index (χ0v) is 13.9. The second kappa shape index (κ2) is 5.72. The summed E-state index contributed by atoms with van der Waals surface area (Å²) in [6, 6.07) is 0.582. The van der Waals surface area contributed by atoms with Gasteiger partial charge in [-0.2, -0.15) is 10.1 Å². The molecule has 0 aromatic carbocycles. The molecule has 0 aliphatic carbocycles. The minimum absolute atomic E-state index is 0.0713. The average molecular weight is 317 g/mol. The summed E-state index contributed by atoms with van der Waals surface area (Å²) in [5.41, 5.74) is 3.31. The molecule has 2 aromatic rings. The van der Waals surface area contributed by atoms with Crippen molar-refractivity contribution in [3.63, 3.8) is 0 Å². The Bertz CT molecular complexity index is 707. The summed E-state index contributed by atoms with van der Waals surface area (Å²) in [5.74, 6) is 1.30. The van der Waals surface area contributed by atoms with E-state index in [1.54, 1.807) is 0 Å². The molecular formula is C16H23N5O2. The van der Waals surface area contributed by atoms with Crippen LogP contribution in [0.25, 0.3) is 0 Å². The number of fused-ring (bicyclic) bond motifs is 1. The third-order valence-electron chi connectivity index (χ3n) is 5.15. The number of hydrogen-bond donors (Lipinski definition) is 0. The molecule has 7 nitrogen and oxygen atoms in total. The first-order chi connectivity index (χ1) is 11.1. The third-order valence-corrected chi connectivity index (χ3v) is 5.15. The zero-order valence-electron chi connectivity index (χ0n) is 13.9. The molecule has 2 aliphatic rings. The third kappa shape index (κ3) is 2.68. The Hall–Kier alpha value is -1.73. The molecule has 0 amide bonds. The first-order valence-corrected chi connectivity index (χ1v) is 8.29. The molecule has 0 bridgehead atoms. The van der Waals surface area contributed by atoms with Gasteiger partial charge in [-0.1, -0.05) is 5.16 Å². The summed E-state index contributed by atoms with van der Waals surface area (Å²) in [5, 5.41) is 8.59. The van der Waals surface area contributed by atoms with Crippen LogP contribution in [-0.2, 0) is 18.2 Å². The van der Waals surface area contributed by atoms with E-state index < -0.39 is 0 Å². The number of aryl methyl sites for hydroxylation is 2. The number of aromatic nitrogens is 4. The molecule has 2 aromatic heterocycles. The Morgan fingerprint density at radius 1 is 1.30 bits per heavy atom. The summed E-state index contributed by atoms with van der Waals surface area (Å²) in [6.45, 7) is 6.87. The molecule has 0 saturated carbocycles. The van der Waals surface area contributed by atoms with Gasteiger partial charge in [0.25, 0.3) is 0 Å². The molecule has 4 heterocycles. The van der Waals surface area contributed by atoms with E-state index in [9.17, 15) is 0 Å². The van der Waals surface area contributed by atoms with Crippen molar-refractivity contribution in [2.75, 3.05) is 19.7 Å².